The van der Waals surface area contributed by atoms with Crippen molar-refractivity contribution in [1.29, 1.82) is 0 Å². The van der Waals surface area contributed by atoms with Crippen molar-refractivity contribution in [3.63, 3.8) is 0 Å². The Morgan fingerprint density at radius 2 is 1.79 bits per heavy atom. The molecule has 0 bridgehead atoms. The SMILES string of the molecule is Cc1cccc(C(C)C)c1NC(=O)C(C)Sc1nnc(-c2ccccc2)n1N. The van der Waals surface area contributed by atoms with Crippen molar-refractivity contribution in [2.24, 2.45) is 0 Å². The number of para-hydroxylation sites is 1. The second-order valence-electron chi connectivity index (χ2n) is 6.99. The molecule has 7 heteroatoms. The molecule has 0 aliphatic carbocycles. The van der Waals surface area contributed by atoms with Gasteiger partial charge in [0.1, 0.15) is 0 Å². The van der Waals surface area contributed by atoms with E-state index < -0.39 is 0 Å². The van der Waals surface area contributed by atoms with E-state index in [0.29, 0.717) is 16.9 Å². The van der Waals surface area contributed by atoms with Crippen molar-refractivity contribution in [2.75, 3.05) is 11.2 Å². The molecule has 0 spiro atoms. The van der Waals surface area contributed by atoms with Crippen molar-refractivity contribution in [1.82, 2.24) is 14.9 Å². The van der Waals surface area contributed by atoms with Crippen LogP contribution < -0.4 is 11.2 Å². The summed E-state index contributed by atoms with van der Waals surface area (Å²) in [5, 5.41) is 11.5. The van der Waals surface area contributed by atoms with Crippen LogP contribution in [0.1, 0.15) is 37.8 Å². The highest BCUT2D eigenvalue weighted by Crippen LogP contribution is 2.29. The lowest BCUT2D eigenvalue weighted by Crippen LogP contribution is -2.25. The van der Waals surface area contributed by atoms with Crippen molar-refractivity contribution in [3.8, 4) is 11.4 Å². The standard InChI is InChI=1S/C21H25N5OS/c1-13(2)17-12-8-9-14(3)18(17)23-20(27)15(4)28-21-25-24-19(26(21)22)16-10-6-5-7-11-16/h5-13,15H,22H2,1-4H3,(H,23,27). The molecule has 3 N–H and O–H groups in total. The minimum absolute atomic E-state index is 0.0922. The molecule has 0 radical (unpaired) electrons. The maximum atomic E-state index is 12.8. The Morgan fingerprint density at radius 1 is 1.07 bits per heavy atom. The predicted molar refractivity (Wildman–Crippen MR) is 115 cm³/mol. The van der Waals surface area contributed by atoms with Crippen LogP contribution >= 0.6 is 11.8 Å². The highest BCUT2D eigenvalue weighted by molar-refractivity contribution is 8.00. The number of aryl methyl sites for hydroxylation is 1. The first-order valence-electron chi connectivity index (χ1n) is 9.21. The van der Waals surface area contributed by atoms with Crippen LogP contribution in [0.2, 0.25) is 0 Å². The van der Waals surface area contributed by atoms with Gasteiger partial charge in [-0.1, -0.05) is 74.1 Å². The van der Waals surface area contributed by atoms with Crippen molar-refractivity contribution >= 4 is 23.4 Å². The number of rotatable bonds is 6. The molecular formula is C21H25N5OS. The van der Waals surface area contributed by atoms with E-state index in [4.69, 9.17) is 5.84 Å². The number of hydrogen-bond acceptors (Lipinski definition) is 5. The number of thioether (sulfide) groups is 1. The van der Waals surface area contributed by atoms with Crippen LogP contribution in [-0.2, 0) is 4.79 Å². The van der Waals surface area contributed by atoms with Crippen LogP contribution in [0.15, 0.2) is 53.7 Å². The third-order valence-corrected chi connectivity index (χ3v) is 5.58. The van der Waals surface area contributed by atoms with E-state index in [0.717, 1.165) is 22.4 Å². The van der Waals surface area contributed by atoms with Crippen LogP contribution in [0.3, 0.4) is 0 Å². The Balaban J connectivity index is 1.75. The Kier molecular flexibility index (Phi) is 6.04. The van der Waals surface area contributed by atoms with E-state index in [-0.39, 0.29) is 11.2 Å². The van der Waals surface area contributed by atoms with E-state index in [9.17, 15) is 4.79 Å². The van der Waals surface area contributed by atoms with E-state index in [1.807, 2.05) is 62.4 Å². The summed E-state index contributed by atoms with van der Waals surface area (Å²) in [6.07, 6.45) is 0. The summed E-state index contributed by atoms with van der Waals surface area (Å²) in [5.74, 6) is 6.96. The van der Waals surface area contributed by atoms with Crippen molar-refractivity contribution in [3.05, 3.63) is 59.7 Å². The largest absolute Gasteiger partial charge is 0.335 e. The molecule has 3 aromatic rings. The maximum absolute atomic E-state index is 12.8. The van der Waals surface area contributed by atoms with Gasteiger partial charge in [0, 0.05) is 11.3 Å². The number of benzene rings is 2. The topological polar surface area (TPSA) is 85.8 Å². The molecule has 0 aliphatic rings. The summed E-state index contributed by atoms with van der Waals surface area (Å²) in [6.45, 7) is 8.07. The molecule has 0 aliphatic heterocycles. The third kappa shape index (κ3) is 4.20. The monoisotopic (exact) mass is 395 g/mol. The summed E-state index contributed by atoms with van der Waals surface area (Å²) >= 11 is 1.29. The molecule has 2 aromatic carbocycles. The Bertz CT molecular complexity index is 968. The average molecular weight is 396 g/mol. The number of aromatic nitrogens is 3. The summed E-state index contributed by atoms with van der Waals surface area (Å²) in [7, 11) is 0. The Morgan fingerprint density at radius 3 is 2.46 bits per heavy atom. The summed E-state index contributed by atoms with van der Waals surface area (Å²) in [6, 6.07) is 15.7. The van der Waals surface area contributed by atoms with Gasteiger partial charge in [0.2, 0.25) is 11.1 Å². The van der Waals surface area contributed by atoms with Gasteiger partial charge in [-0.05, 0) is 30.9 Å². The van der Waals surface area contributed by atoms with E-state index in [1.54, 1.807) is 0 Å². The number of carbonyl (C=O) groups excluding carboxylic acids is 1. The molecule has 1 aromatic heterocycles. The fourth-order valence-electron chi connectivity index (χ4n) is 2.92. The van der Waals surface area contributed by atoms with Gasteiger partial charge in [-0.15, -0.1) is 10.2 Å². The van der Waals surface area contributed by atoms with Gasteiger partial charge < -0.3 is 11.2 Å². The van der Waals surface area contributed by atoms with E-state index in [2.05, 4.69) is 29.4 Å². The van der Waals surface area contributed by atoms with Crippen LogP contribution in [0, 0.1) is 6.92 Å². The number of nitrogens with two attached hydrogens (primary N) is 1. The molecular weight excluding hydrogens is 370 g/mol. The molecule has 0 fully saturated rings. The second-order valence-corrected chi connectivity index (χ2v) is 8.29. The molecule has 3 rings (SSSR count). The number of hydrogen-bond donors (Lipinski definition) is 2. The molecule has 1 heterocycles. The zero-order valence-electron chi connectivity index (χ0n) is 16.5. The number of carbonyl (C=O) groups is 1. The van der Waals surface area contributed by atoms with E-state index in [1.165, 1.54) is 16.4 Å². The van der Waals surface area contributed by atoms with Gasteiger partial charge in [0.25, 0.3) is 0 Å². The summed E-state index contributed by atoms with van der Waals surface area (Å²) in [5.41, 5.74) is 3.93. The van der Waals surface area contributed by atoms with Gasteiger partial charge in [-0.25, -0.2) is 4.68 Å². The highest BCUT2D eigenvalue weighted by atomic mass is 32.2. The van der Waals surface area contributed by atoms with Gasteiger partial charge in [-0.3, -0.25) is 4.79 Å². The minimum Gasteiger partial charge on any atom is -0.335 e. The predicted octanol–water partition coefficient (Wildman–Crippen LogP) is 4.21. The fraction of sp³-hybridized carbons (Fsp3) is 0.286. The van der Waals surface area contributed by atoms with E-state index >= 15 is 0 Å². The Hall–Kier alpha value is -2.80. The lowest BCUT2D eigenvalue weighted by molar-refractivity contribution is -0.115. The fourth-order valence-corrected chi connectivity index (χ4v) is 3.69. The molecule has 0 saturated heterocycles. The molecule has 1 amide bonds. The molecule has 146 valence electrons. The lowest BCUT2D eigenvalue weighted by atomic mass is 9.98. The lowest BCUT2D eigenvalue weighted by Gasteiger charge is -2.18. The smallest absolute Gasteiger partial charge is 0.237 e. The number of anilines is 1. The zero-order valence-corrected chi connectivity index (χ0v) is 17.3. The summed E-state index contributed by atoms with van der Waals surface area (Å²) in [4.78, 5) is 12.8. The second kappa shape index (κ2) is 8.48. The van der Waals surface area contributed by atoms with Gasteiger partial charge in [0.05, 0.1) is 5.25 Å². The first-order valence-corrected chi connectivity index (χ1v) is 10.1. The molecule has 1 atom stereocenters. The van der Waals surface area contributed by atoms with Crippen molar-refractivity contribution in [2.45, 2.75) is 44.0 Å². The number of amides is 1. The highest BCUT2D eigenvalue weighted by Gasteiger charge is 2.21. The summed E-state index contributed by atoms with van der Waals surface area (Å²) < 4.78 is 1.43. The van der Waals surface area contributed by atoms with Gasteiger partial charge in [-0.2, -0.15) is 0 Å². The first kappa shape index (κ1) is 19.9. The van der Waals surface area contributed by atoms with Crippen LogP contribution in [0.4, 0.5) is 5.69 Å². The van der Waals surface area contributed by atoms with Gasteiger partial charge in [0.15, 0.2) is 5.82 Å². The normalized spacial score (nSPS) is 12.2. The Labute approximate surface area is 169 Å². The minimum atomic E-state index is -0.380. The van der Waals surface area contributed by atoms with Gasteiger partial charge >= 0.3 is 0 Å². The van der Waals surface area contributed by atoms with Crippen LogP contribution in [0.25, 0.3) is 11.4 Å². The quantitative estimate of drug-likeness (QED) is 0.482. The molecule has 28 heavy (non-hydrogen) atoms. The number of nitrogens with zero attached hydrogens (tertiary/aromatic N) is 3. The van der Waals surface area contributed by atoms with Crippen molar-refractivity contribution < 1.29 is 4.79 Å². The third-order valence-electron chi connectivity index (χ3n) is 4.52. The number of nitrogens with one attached hydrogen (secondary N) is 1. The zero-order chi connectivity index (χ0) is 20.3. The molecule has 1 unspecified atom stereocenters. The first-order chi connectivity index (χ1) is 13.4. The van der Waals surface area contributed by atoms with Crippen LogP contribution in [0.5, 0.6) is 0 Å². The number of nitrogen functional groups attached to an aromatic ring is 1. The van der Waals surface area contributed by atoms with Crippen LogP contribution in [-0.4, -0.2) is 26.0 Å². The average Bonchev–Trinajstić information content (AvgIpc) is 3.04. The maximum Gasteiger partial charge on any atom is 0.237 e. The molecule has 0 saturated carbocycles. The molecule has 6 nitrogen and oxygen atoms in total.